The topological polar surface area (TPSA) is 270 Å². The van der Waals surface area contributed by atoms with E-state index >= 15 is 0 Å². The maximum Gasteiger partial charge on any atom is 0.340 e. The highest BCUT2D eigenvalue weighted by Crippen LogP contribution is 2.37. The summed E-state index contributed by atoms with van der Waals surface area (Å²) in [5.41, 5.74) is -0.465. The maximum absolute atomic E-state index is 12.9. The average molecular weight is 631 g/mol. The second-order valence-electron chi connectivity index (χ2n) is 9.58. The molecule has 3 aromatic carbocycles. The van der Waals surface area contributed by atoms with Gasteiger partial charge in [-0.25, -0.2) is 14.4 Å². The number of aliphatic hydroxyl groups is 2. The van der Waals surface area contributed by atoms with Crippen molar-refractivity contribution >= 4 is 24.0 Å². The van der Waals surface area contributed by atoms with Gasteiger partial charge in [-0.2, -0.15) is 0 Å². The van der Waals surface area contributed by atoms with Crippen LogP contribution in [0.5, 0.6) is 40.2 Å². The first-order chi connectivity index (χ1) is 21.2. The zero-order valence-electron chi connectivity index (χ0n) is 22.8. The number of hydrogen-bond acceptors (Lipinski definition) is 16. The number of carbonyl (C=O) groups excluding carboxylic acids is 3. The molecule has 0 aromatic heterocycles. The van der Waals surface area contributed by atoms with Crippen molar-refractivity contribution in [2.24, 2.45) is 0 Å². The predicted octanol–water partition coefficient (Wildman–Crippen LogP) is 0.711. The van der Waals surface area contributed by atoms with Crippen LogP contribution in [0.2, 0.25) is 0 Å². The minimum atomic E-state index is -2.02. The Kier molecular flexibility index (Phi) is 9.51. The molecule has 0 aliphatic carbocycles. The van der Waals surface area contributed by atoms with E-state index in [9.17, 15) is 60.3 Å². The van der Waals surface area contributed by atoms with E-state index in [0.29, 0.717) is 5.56 Å². The third-order valence-corrected chi connectivity index (χ3v) is 6.41. The molecule has 238 valence electrons. The summed E-state index contributed by atoms with van der Waals surface area (Å²) >= 11 is 0. The minimum Gasteiger partial charge on any atom is -0.508 e. The van der Waals surface area contributed by atoms with Gasteiger partial charge in [0.1, 0.15) is 30.7 Å². The van der Waals surface area contributed by atoms with Gasteiger partial charge in [0, 0.05) is 6.08 Å². The zero-order chi connectivity index (χ0) is 33.0. The molecule has 9 N–H and O–H groups in total. The maximum atomic E-state index is 12.9. The Balaban J connectivity index is 1.54. The number of aliphatic hydroxyl groups excluding tert-OH is 2. The second kappa shape index (κ2) is 13.3. The van der Waals surface area contributed by atoms with Crippen LogP contribution in [-0.4, -0.2) is 101 Å². The van der Waals surface area contributed by atoms with Gasteiger partial charge >= 0.3 is 17.9 Å². The quantitative estimate of drug-likeness (QED) is 0.0717. The molecule has 1 saturated heterocycles. The van der Waals surface area contributed by atoms with E-state index in [-0.39, 0.29) is 5.75 Å². The van der Waals surface area contributed by atoms with Crippen molar-refractivity contribution in [1.29, 1.82) is 0 Å². The predicted molar refractivity (Wildman–Crippen MR) is 146 cm³/mol. The normalized spacial score (nSPS) is 21.2. The van der Waals surface area contributed by atoms with Gasteiger partial charge in [-0.1, -0.05) is 12.1 Å². The van der Waals surface area contributed by atoms with Crippen LogP contribution in [0.4, 0.5) is 0 Å². The average Bonchev–Trinajstić information content (AvgIpc) is 3.00. The lowest BCUT2D eigenvalue weighted by atomic mass is 9.99. The summed E-state index contributed by atoms with van der Waals surface area (Å²) in [7, 11) is 0. The van der Waals surface area contributed by atoms with E-state index in [4.69, 9.17) is 18.9 Å². The molecule has 1 heterocycles. The van der Waals surface area contributed by atoms with Crippen LogP contribution in [0.3, 0.4) is 0 Å². The molecule has 1 aliphatic heterocycles. The largest absolute Gasteiger partial charge is 0.508 e. The van der Waals surface area contributed by atoms with Gasteiger partial charge in [0.2, 0.25) is 6.29 Å². The molecule has 0 saturated carbocycles. The fourth-order valence-electron chi connectivity index (χ4n) is 4.05. The van der Waals surface area contributed by atoms with Crippen molar-refractivity contribution in [3.8, 4) is 40.2 Å². The number of hydrogen-bond donors (Lipinski definition) is 9. The Bertz CT molecular complexity index is 1570. The van der Waals surface area contributed by atoms with Crippen molar-refractivity contribution < 1.29 is 79.3 Å². The van der Waals surface area contributed by atoms with E-state index < -0.39 is 101 Å². The highest BCUT2D eigenvalue weighted by molar-refractivity contribution is 5.92. The summed E-state index contributed by atoms with van der Waals surface area (Å²) in [5, 5.41) is 88.7. The second-order valence-corrected chi connectivity index (χ2v) is 9.58. The number of carbonyl (C=O) groups is 3. The molecule has 16 heteroatoms. The van der Waals surface area contributed by atoms with Crippen molar-refractivity contribution in [3.05, 3.63) is 71.3 Å². The molecule has 1 fully saturated rings. The van der Waals surface area contributed by atoms with E-state index in [1.54, 1.807) is 0 Å². The zero-order valence-corrected chi connectivity index (χ0v) is 22.8. The first-order valence-electron chi connectivity index (χ1n) is 12.8. The summed E-state index contributed by atoms with van der Waals surface area (Å²) in [6, 6.07) is 8.67. The third kappa shape index (κ3) is 7.45. The van der Waals surface area contributed by atoms with Crippen molar-refractivity contribution in [2.45, 2.75) is 30.7 Å². The summed E-state index contributed by atoms with van der Waals surface area (Å²) in [4.78, 5) is 37.9. The lowest BCUT2D eigenvalue weighted by Crippen LogP contribution is -2.61. The first kappa shape index (κ1) is 32.2. The molecule has 3 aromatic rings. The van der Waals surface area contributed by atoms with E-state index in [2.05, 4.69) is 0 Å². The molecule has 16 nitrogen and oxygen atoms in total. The Labute approximate surface area is 252 Å². The molecule has 0 bridgehead atoms. The summed E-state index contributed by atoms with van der Waals surface area (Å²) in [5.74, 6) is -8.89. The molecule has 4 rings (SSSR count). The molecule has 0 amide bonds. The van der Waals surface area contributed by atoms with Crippen LogP contribution in [0.25, 0.3) is 6.08 Å². The highest BCUT2D eigenvalue weighted by Gasteiger charge is 2.49. The standard InChI is InChI=1S/C29H26O16/c30-15-4-1-12(2-5-15)3-6-21(35)44-26-25(39)24(38)20(11-42-27(40)13-7-16(31)22(36)17(32)8-13)43-29(26)45-28(41)14-9-18(33)23(37)19(34)10-14/h1-10,20,24-26,29-34,36-39H,11H2/b6-3+. The Morgan fingerprint density at radius 1 is 0.711 bits per heavy atom. The third-order valence-electron chi connectivity index (χ3n) is 6.41. The van der Waals surface area contributed by atoms with Crippen LogP contribution in [0.15, 0.2) is 54.6 Å². The molecular formula is C29H26O16. The summed E-state index contributed by atoms with van der Waals surface area (Å²) < 4.78 is 20.9. The van der Waals surface area contributed by atoms with Crippen LogP contribution < -0.4 is 0 Å². The molecule has 1 aliphatic rings. The Morgan fingerprint density at radius 3 is 1.76 bits per heavy atom. The van der Waals surface area contributed by atoms with Crippen LogP contribution in [0, 0.1) is 0 Å². The smallest absolute Gasteiger partial charge is 0.340 e. The van der Waals surface area contributed by atoms with E-state index in [0.717, 1.165) is 30.3 Å². The molecule has 0 spiro atoms. The molecule has 5 unspecified atom stereocenters. The number of aromatic hydroxyl groups is 7. The summed E-state index contributed by atoms with van der Waals surface area (Å²) in [6.07, 6.45) is -7.24. The Morgan fingerprint density at radius 2 is 1.22 bits per heavy atom. The number of ether oxygens (including phenoxy) is 4. The number of rotatable bonds is 8. The molecule has 0 radical (unpaired) electrons. The van der Waals surface area contributed by atoms with Crippen LogP contribution >= 0.6 is 0 Å². The van der Waals surface area contributed by atoms with Gasteiger partial charge in [0.25, 0.3) is 0 Å². The van der Waals surface area contributed by atoms with Crippen molar-refractivity contribution in [3.63, 3.8) is 0 Å². The lowest BCUT2D eigenvalue weighted by Gasteiger charge is -2.41. The minimum absolute atomic E-state index is 0.0225. The van der Waals surface area contributed by atoms with Gasteiger partial charge in [0.15, 0.2) is 40.6 Å². The van der Waals surface area contributed by atoms with Crippen LogP contribution in [0.1, 0.15) is 26.3 Å². The van der Waals surface area contributed by atoms with Crippen molar-refractivity contribution in [1.82, 2.24) is 0 Å². The first-order valence-corrected chi connectivity index (χ1v) is 12.8. The fourth-order valence-corrected chi connectivity index (χ4v) is 4.05. The number of phenols is 7. The molecule has 5 atom stereocenters. The molecular weight excluding hydrogens is 604 g/mol. The van der Waals surface area contributed by atoms with Gasteiger partial charge in [-0.05, 0) is 48.0 Å². The van der Waals surface area contributed by atoms with Gasteiger partial charge in [-0.15, -0.1) is 0 Å². The monoisotopic (exact) mass is 630 g/mol. The Hall–Kier alpha value is -5.71. The van der Waals surface area contributed by atoms with Crippen molar-refractivity contribution in [2.75, 3.05) is 6.61 Å². The number of esters is 3. The van der Waals surface area contributed by atoms with Crippen LogP contribution in [-0.2, 0) is 23.7 Å². The number of phenolic OH excluding ortho intramolecular Hbond substituents is 7. The van der Waals surface area contributed by atoms with Gasteiger partial charge in [-0.3, -0.25) is 0 Å². The van der Waals surface area contributed by atoms with E-state index in [1.807, 2.05) is 0 Å². The fraction of sp³-hybridized carbons (Fsp3) is 0.207. The number of benzene rings is 3. The van der Waals surface area contributed by atoms with Gasteiger partial charge < -0.3 is 64.9 Å². The lowest BCUT2D eigenvalue weighted by molar-refractivity contribution is -0.288. The highest BCUT2D eigenvalue weighted by atomic mass is 16.7. The summed E-state index contributed by atoms with van der Waals surface area (Å²) in [6.45, 7) is -0.824. The van der Waals surface area contributed by atoms with Gasteiger partial charge in [0.05, 0.1) is 11.1 Å². The van der Waals surface area contributed by atoms with E-state index in [1.165, 1.54) is 30.3 Å². The SMILES string of the molecule is O=C(/C=C/c1ccc(O)cc1)OC1C(OC(=O)c2cc(O)c(O)c(O)c2)OC(COC(=O)c2cc(O)c(O)c(O)c2)C(O)C1O. The molecule has 45 heavy (non-hydrogen) atoms.